The van der Waals surface area contributed by atoms with E-state index in [-0.39, 0.29) is 30.6 Å². The standard InChI is InChI=1S/C34H57FN2.2ClH/c1-7-9-11-13-15-17-25-36(3,4)28-30-19-22-32(23-20-30)33-24-21-31(27-34(33)35)29-37(5,6)26-18-16-14-12-10-8-2;;/h19-24,27H,7-18,25-26,28-29H2,1-6H3;2*1H/q+2;;/p-2. The highest BCUT2D eigenvalue weighted by molar-refractivity contribution is 5.64. The maximum Gasteiger partial charge on any atom is 0.131 e. The number of hydrogen-bond donors (Lipinski definition) is 0. The lowest BCUT2D eigenvalue weighted by atomic mass is 10.0. The van der Waals surface area contributed by atoms with Crippen LogP contribution in [0, 0.1) is 5.82 Å². The van der Waals surface area contributed by atoms with Gasteiger partial charge in [-0.05, 0) is 37.3 Å². The molecule has 0 atom stereocenters. The summed E-state index contributed by atoms with van der Waals surface area (Å²) in [6, 6.07) is 14.4. The molecular weight excluding hydrogens is 526 g/mol. The third kappa shape index (κ3) is 15.4. The molecule has 39 heavy (non-hydrogen) atoms. The summed E-state index contributed by atoms with van der Waals surface area (Å²) in [5, 5.41) is 0. The summed E-state index contributed by atoms with van der Waals surface area (Å²) in [6.07, 6.45) is 15.9. The Morgan fingerprint density at radius 1 is 0.538 bits per heavy atom. The molecule has 5 heteroatoms. The third-order valence-corrected chi connectivity index (χ3v) is 7.75. The van der Waals surface area contributed by atoms with Crippen LogP contribution in [0.3, 0.4) is 0 Å². The zero-order valence-corrected chi connectivity index (χ0v) is 27.4. The Kier molecular flexibility index (Phi) is 19.3. The minimum Gasteiger partial charge on any atom is -1.00 e. The fourth-order valence-electron chi connectivity index (χ4n) is 5.47. The molecule has 2 aromatic rings. The second kappa shape index (κ2) is 19.9. The SMILES string of the molecule is CCCCCCCC[N+](C)(C)Cc1ccc(-c2ccc(C[N+](C)(C)CCCCCCCC)cc2F)cc1.[Cl-].[Cl-]. The van der Waals surface area contributed by atoms with E-state index in [0.29, 0.717) is 5.56 Å². The van der Waals surface area contributed by atoms with E-state index in [1.54, 1.807) is 6.07 Å². The summed E-state index contributed by atoms with van der Waals surface area (Å²) < 4.78 is 17.1. The predicted molar refractivity (Wildman–Crippen MR) is 160 cm³/mol. The molecule has 0 aliphatic heterocycles. The van der Waals surface area contributed by atoms with Crippen molar-refractivity contribution in [1.82, 2.24) is 0 Å². The summed E-state index contributed by atoms with van der Waals surface area (Å²) in [5.74, 6) is -0.107. The van der Waals surface area contributed by atoms with Crippen LogP contribution in [-0.2, 0) is 13.1 Å². The fraction of sp³-hybridized carbons (Fsp3) is 0.647. The first-order valence-electron chi connectivity index (χ1n) is 15.2. The summed E-state index contributed by atoms with van der Waals surface area (Å²) in [5.41, 5.74) is 4.08. The first-order chi connectivity index (χ1) is 17.7. The molecule has 0 aromatic heterocycles. The third-order valence-electron chi connectivity index (χ3n) is 7.75. The van der Waals surface area contributed by atoms with Crippen LogP contribution in [0.2, 0.25) is 0 Å². The minimum absolute atomic E-state index is 0. The van der Waals surface area contributed by atoms with Gasteiger partial charge in [0.05, 0.1) is 41.3 Å². The zero-order valence-electron chi connectivity index (χ0n) is 25.9. The molecule has 0 fully saturated rings. The van der Waals surface area contributed by atoms with Crippen LogP contribution < -0.4 is 24.8 Å². The summed E-state index contributed by atoms with van der Waals surface area (Å²) in [4.78, 5) is 0. The van der Waals surface area contributed by atoms with Gasteiger partial charge in [0.15, 0.2) is 0 Å². The topological polar surface area (TPSA) is 0 Å². The maximum atomic E-state index is 15.1. The lowest BCUT2D eigenvalue weighted by Gasteiger charge is -2.30. The minimum atomic E-state index is -0.107. The lowest BCUT2D eigenvalue weighted by molar-refractivity contribution is -0.903. The maximum absolute atomic E-state index is 15.1. The van der Waals surface area contributed by atoms with E-state index in [0.717, 1.165) is 39.7 Å². The fourth-order valence-corrected chi connectivity index (χ4v) is 5.47. The van der Waals surface area contributed by atoms with Crippen LogP contribution in [0.4, 0.5) is 4.39 Å². The molecule has 0 bridgehead atoms. The Hall–Kier alpha value is -1.13. The van der Waals surface area contributed by atoms with Crippen LogP contribution in [0.5, 0.6) is 0 Å². The summed E-state index contributed by atoms with van der Waals surface area (Å²) in [6.45, 7) is 8.77. The first-order valence-corrected chi connectivity index (χ1v) is 15.2. The van der Waals surface area contributed by atoms with Crippen molar-refractivity contribution in [3.8, 4) is 11.1 Å². The molecule has 2 aromatic carbocycles. The van der Waals surface area contributed by atoms with Crippen molar-refractivity contribution in [2.24, 2.45) is 0 Å². The zero-order chi connectivity index (χ0) is 27.2. The van der Waals surface area contributed by atoms with Gasteiger partial charge in [0.25, 0.3) is 0 Å². The quantitative estimate of drug-likeness (QED) is 0.176. The van der Waals surface area contributed by atoms with E-state index >= 15 is 4.39 Å². The molecule has 0 unspecified atom stereocenters. The average molecular weight is 584 g/mol. The second-order valence-electron chi connectivity index (χ2n) is 12.7. The molecule has 0 saturated heterocycles. The molecule has 0 aliphatic carbocycles. The smallest absolute Gasteiger partial charge is 0.131 e. The highest BCUT2D eigenvalue weighted by atomic mass is 35.5. The molecule has 2 rings (SSSR count). The lowest BCUT2D eigenvalue weighted by Crippen LogP contribution is -3.00. The van der Waals surface area contributed by atoms with Gasteiger partial charge in [-0.25, -0.2) is 4.39 Å². The van der Waals surface area contributed by atoms with Gasteiger partial charge in [-0.2, -0.15) is 0 Å². The number of quaternary nitrogens is 2. The van der Waals surface area contributed by atoms with Gasteiger partial charge in [-0.3, -0.25) is 0 Å². The normalized spacial score (nSPS) is 11.7. The van der Waals surface area contributed by atoms with Crippen molar-refractivity contribution in [3.63, 3.8) is 0 Å². The molecule has 0 N–H and O–H groups in total. The van der Waals surface area contributed by atoms with Crippen molar-refractivity contribution in [3.05, 3.63) is 59.4 Å². The molecule has 0 amide bonds. The predicted octanol–water partition coefficient (Wildman–Crippen LogP) is 3.37. The number of nitrogens with zero attached hydrogens (tertiary/aromatic N) is 2. The Morgan fingerprint density at radius 3 is 1.41 bits per heavy atom. The summed E-state index contributed by atoms with van der Waals surface area (Å²) in [7, 11) is 9.18. The number of rotatable bonds is 19. The van der Waals surface area contributed by atoms with Gasteiger partial charge in [-0.15, -0.1) is 0 Å². The van der Waals surface area contributed by atoms with Crippen molar-refractivity contribution >= 4 is 0 Å². The molecule has 0 saturated carbocycles. The highest BCUT2D eigenvalue weighted by Gasteiger charge is 2.18. The van der Waals surface area contributed by atoms with Gasteiger partial charge < -0.3 is 33.8 Å². The number of benzene rings is 2. The molecule has 0 heterocycles. The van der Waals surface area contributed by atoms with Gasteiger partial charge in [0.2, 0.25) is 0 Å². The van der Waals surface area contributed by atoms with Crippen molar-refractivity contribution in [1.29, 1.82) is 0 Å². The van der Waals surface area contributed by atoms with Gasteiger partial charge in [-0.1, -0.05) is 102 Å². The molecule has 2 nitrogen and oxygen atoms in total. The number of halogens is 3. The molecule has 0 radical (unpaired) electrons. The van der Waals surface area contributed by atoms with Crippen molar-refractivity contribution in [2.75, 3.05) is 41.3 Å². The Balaban J connectivity index is 0.00000722. The van der Waals surface area contributed by atoms with Gasteiger partial charge >= 0.3 is 0 Å². The Labute approximate surface area is 253 Å². The average Bonchev–Trinajstić information content (AvgIpc) is 2.84. The number of unbranched alkanes of at least 4 members (excludes halogenated alkanes) is 10. The largest absolute Gasteiger partial charge is 1.00 e. The molecule has 0 spiro atoms. The molecule has 0 aliphatic rings. The van der Waals surface area contributed by atoms with E-state index in [9.17, 15) is 0 Å². The first kappa shape index (κ1) is 37.9. The molecule has 224 valence electrons. The van der Waals surface area contributed by atoms with Crippen LogP contribution >= 0.6 is 0 Å². The van der Waals surface area contributed by atoms with E-state index in [2.05, 4.69) is 72.4 Å². The Morgan fingerprint density at radius 2 is 0.949 bits per heavy atom. The monoisotopic (exact) mass is 582 g/mol. The van der Waals surface area contributed by atoms with Crippen LogP contribution in [0.25, 0.3) is 11.1 Å². The second-order valence-corrected chi connectivity index (χ2v) is 12.7. The van der Waals surface area contributed by atoms with E-state index in [1.165, 1.54) is 89.2 Å². The van der Waals surface area contributed by atoms with Crippen LogP contribution in [0.1, 0.15) is 102 Å². The number of hydrogen-bond acceptors (Lipinski definition) is 0. The van der Waals surface area contributed by atoms with Crippen molar-refractivity contribution < 1.29 is 38.2 Å². The van der Waals surface area contributed by atoms with E-state index < -0.39 is 0 Å². The van der Waals surface area contributed by atoms with Crippen LogP contribution in [-0.4, -0.2) is 50.2 Å². The van der Waals surface area contributed by atoms with Crippen LogP contribution in [0.15, 0.2) is 42.5 Å². The highest BCUT2D eigenvalue weighted by Crippen LogP contribution is 2.26. The summed E-state index contributed by atoms with van der Waals surface area (Å²) >= 11 is 0. The van der Waals surface area contributed by atoms with Gasteiger partial charge in [0, 0.05) is 16.7 Å². The van der Waals surface area contributed by atoms with Crippen molar-refractivity contribution in [2.45, 2.75) is 104 Å². The molecular formula is C34H57Cl2FN2. The Bertz CT molecular complexity index is 897. The van der Waals surface area contributed by atoms with E-state index in [1.807, 2.05) is 6.07 Å². The van der Waals surface area contributed by atoms with Gasteiger partial charge in [0.1, 0.15) is 18.9 Å². The van der Waals surface area contributed by atoms with E-state index in [4.69, 9.17) is 0 Å².